The Balaban J connectivity index is 1.95. The number of phenols is 1. The topological polar surface area (TPSA) is 82.7 Å². The first-order valence-corrected chi connectivity index (χ1v) is 9.97. The van der Waals surface area contributed by atoms with Gasteiger partial charge in [0.2, 0.25) is 0 Å². The summed E-state index contributed by atoms with van der Waals surface area (Å²) in [6.45, 7) is -3.12. The second kappa shape index (κ2) is 9.46. The highest BCUT2D eigenvalue weighted by atomic mass is 35.5. The molecule has 3 aromatic rings. The van der Waals surface area contributed by atoms with Crippen molar-refractivity contribution in [1.29, 1.82) is 0 Å². The van der Waals surface area contributed by atoms with Gasteiger partial charge in [0.1, 0.15) is 21.0 Å². The minimum absolute atomic E-state index is 0.0376. The summed E-state index contributed by atoms with van der Waals surface area (Å²) in [5, 5.41) is 23.3. The number of halogens is 4. The Bertz CT molecular complexity index is 1030. The molecule has 0 spiro atoms. The highest BCUT2D eigenvalue weighted by molar-refractivity contribution is 7.11. The summed E-state index contributed by atoms with van der Waals surface area (Å²) in [4.78, 5) is 12.8. The molecule has 0 saturated heterocycles. The van der Waals surface area contributed by atoms with E-state index in [1.54, 1.807) is 17.5 Å². The molecule has 2 aromatic heterocycles. The molecule has 0 saturated carbocycles. The number of aromatic nitrogens is 1. The quantitative estimate of drug-likeness (QED) is 0.290. The molecule has 0 bridgehead atoms. The maximum Gasteiger partial charge on any atom is 0.387 e. The molecule has 1 atom stereocenters. The van der Waals surface area contributed by atoms with Crippen LogP contribution >= 0.6 is 34.5 Å². The smallest absolute Gasteiger partial charge is 0.387 e. The van der Waals surface area contributed by atoms with Crippen LogP contribution in [0.1, 0.15) is 26.9 Å². The monoisotopic (exact) mass is 475 g/mol. The number of hydrogen-bond donors (Lipinski definition) is 1. The summed E-state index contributed by atoms with van der Waals surface area (Å²) in [5.41, 5.74) is 0.617. The fraction of sp³-hybridized carbons (Fsp3) is 0.158. The number of rotatable bonds is 7. The molecule has 0 unspecified atom stereocenters. The van der Waals surface area contributed by atoms with Crippen molar-refractivity contribution >= 4 is 40.5 Å². The lowest BCUT2D eigenvalue weighted by molar-refractivity contribution is -0.605. The molecule has 0 aliphatic heterocycles. The molecule has 158 valence electrons. The Morgan fingerprint density at radius 1 is 1.23 bits per heavy atom. The average molecular weight is 476 g/mol. The van der Waals surface area contributed by atoms with Crippen LogP contribution in [0.4, 0.5) is 8.78 Å². The van der Waals surface area contributed by atoms with Gasteiger partial charge >= 0.3 is 12.6 Å². The number of aromatic hydroxyl groups is 1. The third kappa shape index (κ3) is 5.29. The van der Waals surface area contributed by atoms with E-state index in [1.807, 2.05) is 0 Å². The van der Waals surface area contributed by atoms with Crippen molar-refractivity contribution in [3.63, 3.8) is 0 Å². The van der Waals surface area contributed by atoms with E-state index in [9.17, 15) is 23.9 Å². The van der Waals surface area contributed by atoms with Crippen LogP contribution in [-0.2, 0) is 11.2 Å². The Morgan fingerprint density at radius 2 is 1.93 bits per heavy atom. The van der Waals surface area contributed by atoms with E-state index >= 15 is 0 Å². The number of hydrogen-bond acceptors (Lipinski definition) is 6. The standard InChI is InChI=1S/C19H13Cl2F2NO5S/c20-12-8-24(27)9-13(21)11(12)7-16(28-18(26)17-2-1-5-30-17)10-3-4-15(14(25)6-10)29-19(22)23/h1-6,8-9,16,19,25H,7H2/t16-/m0/s1. The van der Waals surface area contributed by atoms with Crippen LogP contribution in [0.5, 0.6) is 11.5 Å². The number of phenolic OH excluding ortho intramolecular Hbond substituents is 1. The van der Waals surface area contributed by atoms with Gasteiger partial charge in [0, 0.05) is 12.0 Å². The molecule has 0 aliphatic carbocycles. The predicted octanol–water partition coefficient (Wildman–Crippen LogP) is 5.14. The van der Waals surface area contributed by atoms with Crippen LogP contribution in [-0.4, -0.2) is 17.7 Å². The van der Waals surface area contributed by atoms with E-state index in [1.165, 1.54) is 17.4 Å². The molecule has 30 heavy (non-hydrogen) atoms. The van der Waals surface area contributed by atoms with Crippen molar-refractivity contribution in [2.45, 2.75) is 19.1 Å². The zero-order valence-corrected chi connectivity index (χ0v) is 17.3. The van der Waals surface area contributed by atoms with Crippen molar-refractivity contribution < 1.29 is 32.9 Å². The lowest BCUT2D eigenvalue weighted by Gasteiger charge is -2.20. The fourth-order valence-electron chi connectivity index (χ4n) is 2.65. The van der Waals surface area contributed by atoms with Gasteiger partial charge in [-0.05, 0) is 29.1 Å². The summed E-state index contributed by atoms with van der Waals surface area (Å²) in [5.74, 6) is -1.63. The third-order valence-corrected chi connectivity index (χ3v) is 5.49. The Labute approximate surface area is 183 Å². The largest absolute Gasteiger partial charge is 0.619 e. The van der Waals surface area contributed by atoms with E-state index in [0.717, 1.165) is 24.5 Å². The lowest BCUT2D eigenvalue weighted by Crippen LogP contribution is -2.25. The highest BCUT2D eigenvalue weighted by Gasteiger charge is 2.24. The van der Waals surface area contributed by atoms with Gasteiger partial charge in [-0.2, -0.15) is 13.5 Å². The molecule has 1 aromatic carbocycles. The molecule has 2 heterocycles. The first-order chi connectivity index (χ1) is 14.2. The van der Waals surface area contributed by atoms with Crippen molar-refractivity contribution in [3.8, 4) is 11.5 Å². The molecule has 3 rings (SSSR count). The molecule has 6 nitrogen and oxygen atoms in total. The fourth-order valence-corrected chi connectivity index (χ4v) is 3.85. The third-order valence-electron chi connectivity index (χ3n) is 3.99. The number of ether oxygens (including phenoxy) is 2. The molecule has 11 heteroatoms. The number of carbonyl (C=O) groups is 1. The minimum atomic E-state index is -3.12. The molecular weight excluding hydrogens is 463 g/mol. The summed E-state index contributed by atoms with van der Waals surface area (Å²) in [6, 6.07) is 6.88. The molecule has 0 fully saturated rings. The molecule has 0 amide bonds. The van der Waals surface area contributed by atoms with Crippen LogP contribution in [0.2, 0.25) is 10.0 Å². The first kappa shape index (κ1) is 22.1. The summed E-state index contributed by atoms with van der Waals surface area (Å²) in [7, 11) is 0. The van der Waals surface area contributed by atoms with E-state index < -0.39 is 30.2 Å². The second-order valence-electron chi connectivity index (χ2n) is 5.97. The van der Waals surface area contributed by atoms with Crippen molar-refractivity contribution in [2.24, 2.45) is 0 Å². The van der Waals surface area contributed by atoms with Gasteiger partial charge in [-0.1, -0.05) is 35.3 Å². The number of nitrogens with zero attached hydrogens (tertiary/aromatic N) is 1. The zero-order valence-electron chi connectivity index (χ0n) is 14.9. The van der Waals surface area contributed by atoms with Gasteiger partial charge < -0.3 is 19.8 Å². The first-order valence-electron chi connectivity index (χ1n) is 8.33. The van der Waals surface area contributed by atoms with Crippen molar-refractivity contribution in [3.05, 3.63) is 79.4 Å². The van der Waals surface area contributed by atoms with E-state index in [0.29, 0.717) is 15.2 Å². The van der Waals surface area contributed by atoms with Crippen molar-refractivity contribution in [1.82, 2.24) is 0 Å². The average Bonchev–Trinajstić information content (AvgIpc) is 3.19. The van der Waals surface area contributed by atoms with E-state index in [2.05, 4.69) is 4.74 Å². The maximum atomic E-state index is 12.5. The summed E-state index contributed by atoms with van der Waals surface area (Å²) >= 11 is 13.4. The lowest BCUT2D eigenvalue weighted by atomic mass is 10.0. The molecule has 1 N–H and O–H groups in total. The number of carbonyl (C=O) groups excluding carboxylic acids is 1. The zero-order chi connectivity index (χ0) is 21.8. The highest BCUT2D eigenvalue weighted by Crippen LogP contribution is 2.35. The summed E-state index contributed by atoms with van der Waals surface area (Å²) in [6.07, 6.45) is 1.16. The van der Waals surface area contributed by atoms with Gasteiger partial charge in [0.15, 0.2) is 23.9 Å². The number of thiophene rings is 1. The SMILES string of the molecule is O=C(O[C@@H](Cc1c(Cl)c[n+]([O-])cc1Cl)c1ccc(OC(F)F)c(O)c1)c1cccs1. The summed E-state index contributed by atoms with van der Waals surface area (Å²) < 4.78 is 35.1. The van der Waals surface area contributed by atoms with Crippen LogP contribution in [0.25, 0.3) is 0 Å². The molecule has 0 aliphatic rings. The van der Waals surface area contributed by atoms with Gasteiger partial charge in [0.05, 0.1) is 0 Å². The van der Waals surface area contributed by atoms with E-state index in [4.69, 9.17) is 27.9 Å². The number of esters is 1. The van der Waals surface area contributed by atoms with Gasteiger partial charge in [0.25, 0.3) is 0 Å². The molecule has 0 radical (unpaired) electrons. The number of pyridine rings is 1. The maximum absolute atomic E-state index is 12.5. The van der Waals surface area contributed by atoms with Crippen LogP contribution in [0.15, 0.2) is 48.1 Å². The minimum Gasteiger partial charge on any atom is -0.619 e. The van der Waals surface area contributed by atoms with E-state index in [-0.39, 0.29) is 22.0 Å². The second-order valence-corrected chi connectivity index (χ2v) is 7.74. The molecular formula is C19H13Cl2F2NO5S. The Hall–Kier alpha value is -2.62. The van der Waals surface area contributed by atoms with Gasteiger partial charge in [-0.15, -0.1) is 11.3 Å². The Morgan fingerprint density at radius 3 is 2.50 bits per heavy atom. The van der Waals surface area contributed by atoms with Crippen LogP contribution < -0.4 is 9.47 Å². The van der Waals surface area contributed by atoms with Gasteiger partial charge in [-0.25, -0.2) is 4.79 Å². The van der Waals surface area contributed by atoms with Gasteiger partial charge in [-0.3, -0.25) is 0 Å². The predicted molar refractivity (Wildman–Crippen MR) is 106 cm³/mol. The van der Waals surface area contributed by atoms with Crippen molar-refractivity contribution in [2.75, 3.05) is 0 Å². The number of benzene rings is 1. The van der Waals surface area contributed by atoms with Crippen LogP contribution in [0.3, 0.4) is 0 Å². The number of alkyl halides is 2. The Kier molecular flexibility index (Phi) is 6.96. The normalized spacial score (nSPS) is 12.0. The van der Waals surface area contributed by atoms with Crippen LogP contribution in [0, 0.1) is 5.21 Å².